The molecule has 3 heteroatoms. The first-order valence-corrected chi connectivity index (χ1v) is 7.09. The Hall–Kier alpha value is -1.06. The molecule has 0 amide bonds. The van der Waals surface area contributed by atoms with E-state index in [4.69, 9.17) is 0 Å². The minimum Gasteiger partial charge on any atom is -0.373 e. The fourth-order valence-electron chi connectivity index (χ4n) is 1.91. The van der Waals surface area contributed by atoms with Crippen LogP contribution in [0.5, 0.6) is 0 Å². The summed E-state index contributed by atoms with van der Waals surface area (Å²) in [5, 5.41) is 3.47. The number of likely N-dealkylation sites (N-methyl/N-ethyl adjacent to an activating group) is 2. The van der Waals surface area contributed by atoms with Crippen molar-refractivity contribution in [2.45, 2.75) is 33.4 Å². The highest BCUT2D eigenvalue weighted by Crippen LogP contribution is 2.18. The van der Waals surface area contributed by atoms with Gasteiger partial charge in [-0.15, -0.1) is 0 Å². The van der Waals surface area contributed by atoms with E-state index in [1.54, 1.807) is 0 Å². The Labute approximate surface area is 118 Å². The number of aryl methyl sites for hydroxylation is 1. The molecule has 108 valence electrons. The van der Waals surface area contributed by atoms with Crippen LogP contribution in [0.4, 0.5) is 5.69 Å². The highest BCUT2D eigenvalue weighted by molar-refractivity contribution is 5.50. The van der Waals surface area contributed by atoms with E-state index in [2.05, 4.69) is 75.2 Å². The normalized spacial score (nSPS) is 11.4. The van der Waals surface area contributed by atoms with Crippen molar-refractivity contribution in [1.82, 2.24) is 10.2 Å². The van der Waals surface area contributed by atoms with Crippen LogP contribution in [0, 0.1) is 6.92 Å². The van der Waals surface area contributed by atoms with Gasteiger partial charge in [-0.1, -0.05) is 19.9 Å². The van der Waals surface area contributed by atoms with E-state index in [1.807, 2.05) is 0 Å². The number of rotatable bonds is 7. The van der Waals surface area contributed by atoms with E-state index in [1.165, 1.54) is 16.8 Å². The molecular formula is C16H29N3. The van der Waals surface area contributed by atoms with E-state index in [0.717, 1.165) is 19.6 Å². The van der Waals surface area contributed by atoms with Gasteiger partial charge in [-0.3, -0.25) is 0 Å². The Bertz CT molecular complexity index is 386. The number of nitrogens with zero attached hydrogens (tertiary/aromatic N) is 2. The van der Waals surface area contributed by atoms with Gasteiger partial charge in [-0.2, -0.15) is 0 Å². The summed E-state index contributed by atoms with van der Waals surface area (Å²) in [7, 11) is 6.38. The molecule has 1 aromatic rings. The zero-order chi connectivity index (χ0) is 14.4. The highest BCUT2D eigenvalue weighted by Gasteiger charge is 2.05. The molecule has 0 heterocycles. The predicted octanol–water partition coefficient (Wildman–Crippen LogP) is 2.49. The Morgan fingerprint density at radius 3 is 2.32 bits per heavy atom. The van der Waals surface area contributed by atoms with Gasteiger partial charge >= 0.3 is 0 Å². The van der Waals surface area contributed by atoms with Gasteiger partial charge in [0.25, 0.3) is 0 Å². The fourth-order valence-corrected chi connectivity index (χ4v) is 1.91. The number of hydrogen-bond donors (Lipinski definition) is 1. The molecule has 1 rings (SSSR count). The summed E-state index contributed by atoms with van der Waals surface area (Å²) in [4.78, 5) is 4.52. The average Bonchev–Trinajstić information content (AvgIpc) is 2.34. The van der Waals surface area contributed by atoms with Crippen molar-refractivity contribution in [3.8, 4) is 0 Å². The Morgan fingerprint density at radius 1 is 1.11 bits per heavy atom. The van der Waals surface area contributed by atoms with Crippen molar-refractivity contribution in [2.75, 3.05) is 39.1 Å². The smallest absolute Gasteiger partial charge is 0.0366 e. The summed E-state index contributed by atoms with van der Waals surface area (Å²) in [6.07, 6.45) is 0. The van der Waals surface area contributed by atoms with Crippen LogP contribution in [-0.4, -0.2) is 45.2 Å². The van der Waals surface area contributed by atoms with Crippen LogP contribution >= 0.6 is 0 Å². The van der Waals surface area contributed by atoms with E-state index >= 15 is 0 Å². The number of hydrogen-bond acceptors (Lipinski definition) is 3. The molecule has 0 spiro atoms. The number of nitrogens with one attached hydrogen (secondary N) is 1. The van der Waals surface area contributed by atoms with E-state index in [-0.39, 0.29) is 0 Å². The molecule has 0 aliphatic carbocycles. The predicted molar refractivity (Wildman–Crippen MR) is 85.0 cm³/mol. The summed E-state index contributed by atoms with van der Waals surface area (Å²) in [5.74, 6) is 0. The Morgan fingerprint density at radius 2 is 1.79 bits per heavy atom. The first-order chi connectivity index (χ1) is 8.90. The van der Waals surface area contributed by atoms with Gasteiger partial charge in [0, 0.05) is 38.4 Å². The minimum absolute atomic E-state index is 0.529. The van der Waals surface area contributed by atoms with Crippen LogP contribution in [0.25, 0.3) is 0 Å². The molecule has 19 heavy (non-hydrogen) atoms. The first-order valence-electron chi connectivity index (χ1n) is 7.09. The fraction of sp³-hybridized carbons (Fsp3) is 0.625. The maximum atomic E-state index is 3.47. The Balaban J connectivity index is 2.65. The Kier molecular flexibility index (Phi) is 6.32. The van der Waals surface area contributed by atoms with E-state index in [9.17, 15) is 0 Å². The summed E-state index contributed by atoms with van der Waals surface area (Å²) in [6.45, 7) is 9.63. The third kappa shape index (κ3) is 5.62. The van der Waals surface area contributed by atoms with Crippen molar-refractivity contribution in [2.24, 2.45) is 0 Å². The van der Waals surface area contributed by atoms with Gasteiger partial charge in [-0.25, -0.2) is 0 Å². The quantitative estimate of drug-likeness (QED) is 0.815. The molecule has 0 fully saturated rings. The van der Waals surface area contributed by atoms with Crippen LogP contribution < -0.4 is 10.2 Å². The molecule has 0 saturated carbocycles. The van der Waals surface area contributed by atoms with Gasteiger partial charge < -0.3 is 15.1 Å². The van der Waals surface area contributed by atoms with Crippen molar-refractivity contribution < 1.29 is 0 Å². The maximum absolute atomic E-state index is 3.47. The van der Waals surface area contributed by atoms with E-state index < -0.39 is 0 Å². The molecule has 0 bridgehead atoms. The van der Waals surface area contributed by atoms with Crippen molar-refractivity contribution in [3.05, 3.63) is 29.3 Å². The monoisotopic (exact) mass is 263 g/mol. The lowest BCUT2D eigenvalue weighted by Gasteiger charge is -2.22. The molecule has 0 atom stereocenters. The van der Waals surface area contributed by atoms with Crippen molar-refractivity contribution in [1.29, 1.82) is 0 Å². The SMILES string of the molecule is Cc1cc(N(C)CCN(C)C)ccc1CNC(C)C. The molecule has 0 aromatic heterocycles. The third-order valence-corrected chi connectivity index (χ3v) is 3.35. The second-order valence-corrected chi connectivity index (χ2v) is 5.87. The van der Waals surface area contributed by atoms with Gasteiger partial charge in [0.05, 0.1) is 0 Å². The maximum Gasteiger partial charge on any atom is 0.0366 e. The molecule has 0 saturated heterocycles. The van der Waals surface area contributed by atoms with Crippen molar-refractivity contribution >= 4 is 5.69 Å². The van der Waals surface area contributed by atoms with Gasteiger partial charge in [0.15, 0.2) is 0 Å². The van der Waals surface area contributed by atoms with Gasteiger partial charge in [0.1, 0.15) is 0 Å². The topological polar surface area (TPSA) is 18.5 Å². The van der Waals surface area contributed by atoms with Crippen LogP contribution in [0.15, 0.2) is 18.2 Å². The van der Waals surface area contributed by atoms with Gasteiger partial charge in [0.2, 0.25) is 0 Å². The molecule has 0 unspecified atom stereocenters. The standard InChI is InChI=1S/C16H29N3/c1-13(2)17-12-15-7-8-16(11-14(15)3)19(6)10-9-18(4)5/h7-8,11,13,17H,9-10,12H2,1-6H3. The van der Waals surface area contributed by atoms with Crippen LogP contribution in [0.3, 0.4) is 0 Å². The van der Waals surface area contributed by atoms with Gasteiger partial charge in [-0.05, 0) is 44.3 Å². The molecule has 1 N–H and O–H groups in total. The van der Waals surface area contributed by atoms with Crippen LogP contribution in [0.1, 0.15) is 25.0 Å². The molecule has 3 nitrogen and oxygen atoms in total. The second-order valence-electron chi connectivity index (χ2n) is 5.87. The average molecular weight is 263 g/mol. The summed E-state index contributed by atoms with van der Waals surface area (Å²) < 4.78 is 0. The molecule has 0 radical (unpaired) electrons. The zero-order valence-corrected chi connectivity index (χ0v) is 13.3. The lowest BCUT2D eigenvalue weighted by molar-refractivity contribution is 0.416. The summed E-state index contributed by atoms with van der Waals surface area (Å²) in [6, 6.07) is 7.28. The van der Waals surface area contributed by atoms with Crippen molar-refractivity contribution in [3.63, 3.8) is 0 Å². The largest absolute Gasteiger partial charge is 0.373 e. The number of benzene rings is 1. The van der Waals surface area contributed by atoms with Crippen LogP contribution in [0.2, 0.25) is 0 Å². The molecule has 1 aromatic carbocycles. The second kappa shape index (κ2) is 7.51. The molecular weight excluding hydrogens is 234 g/mol. The van der Waals surface area contributed by atoms with Crippen LogP contribution in [-0.2, 0) is 6.54 Å². The summed E-state index contributed by atoms with van der Waals surface area (Å²) in [5.41, 5.74) is 4.05. The molecule has 0 aliphatic heterocycles. The lowest BCUT2D eigenvalue weighted by atomic mass is 10.1. The molecule has 0 aliphatic rings. The lowest BCUT2D eigenvalue weighted by Crippen LogP contribution is -2.28. The first kappa shape index (κ1) is 16.0. The minimum atomic E-state index is 0.529. The zero-order valence-electron chi connectivity index (χ0n) is 13.3. The highest BCUT2D eigenvalue weighted by atomic mass is 15.1. The summed E-state index contributed by atoms with van der Waals surface area (Å²) >= 11 is 0. The number of anilines is 1. The third-order valence-electron chi connectivity index (χ3n) is 3.35. The van der Waals surface area contributed by atoms with E-state index in [0.29, 0.717) is 6.04 Å².